The fourth-order valence-corrected chi connectivity index (χ4v) is 1.96. The first kappa shape index (κ1) is 16.0. The van der Waals surface area contributed by atoms with Crippen LogP contribution in [0.15, 0.2) is 24.9 Å². The van der Waals surface area contributed by atoms with Gasteiger partial charge < -0.3 is 5.32 Å². The van der Waals surface area contributed by atoms with Gasteiger partial charge in [0.2, 0.25) is 0 Å². The van der Waals surface area contributed by atoms with Crippen molar-refractivity contribution in [3.8, 4) is 0 Å². The van der Waals surface area contributed by atoms with Gasteiger partial charge in [0.15, 0.2) is 0 Å². The van der Waals surface area contributed by atoms with E-state index in [4.69, 9.17) is 0 Å². The van der Waals surface area contributed by atoms with Gasteiger partial charge in [0, 0.05) is 36.7 Å². The van der Waals surface area contributed by atoms with E-state index in [1.165, 1.54) is 0 Å². The lowest BCUT2D eigenvalue weighted by molar-refractivity contribution is 0.366. The summed E-state index contributed by atoms with van der Waals surface area (Å²) in [6, 6.07) is 3.10. The zero-order chi connectivity index (χ0) is 14.5. The van der Waals surface area contributed by atoms with Gasteiger partial charge in [-0.3, -0.25) is 4.68 Å². The zero-order valence-corrected chi connectivity index (χ0v) is 13.1. The number of nitrogens with one attached hydrogen (secondary N) is 1. The van der Waals surface area contributed by atoms with Crippen molar-refractivity contribution in [3.63, 3.8) is 0 Å². The second-order valence-electron chi connectivity index (χ2n) is 6.11. The standard InChI is InChI=1S/C16H29N3/c1-7-14(5)19-10-9-15(18-19)11-16(6,8-2)12-17-13(3)4/h8-10,13-14,17H,2,7,11-12H2,1,3-6H3. The molecule has 0 bridgehead atoms. The van der Waals surface area contributed by atoms with Crippen LogP contribution in [0.3, 0.4) is 0 Å². The highest BCUT2D eigenvalue weighted by Crippen LogP contribution is 2.23. The molecule has 0 radical (unpaired) electrons. The number of hydrogen-bond donors (Lipinski definition) is 1. The Bertz CT molecular complexity index is 394. The molecule has 0 aromatic carbocycles. The second kappa shape index (κ2) is 6.90. The summed E-state index contributed by atoms with van der Waals surface area (Å²) in [6.07, 6.45) is 6.17. The van der Waals surface area contributed by atoms with Crippen LogP contribution in [-0.4, -0.2) is 22.4 Å². The molecule has 3 heteroatoms. The second-order valence-corrected chi connectivity index (χ2v) is 6.11. The van der Waals surface area contributed by atoms with E-state index in [2.05, 4.69) is 68.6 Å². The van der Waals surface area contributed by atoms with E-state index in [-0.39, 0.29) is 5.41 Å². The largest absolute Gasteiger partial charge is 0.314 e. The van der Waals surface area contributed by atoms with Crippen LogP contribution in [0, 0.1) is 5.41 Å². The molecule has 0 spiro atoms. The molecule has 3 nitrogen and oxygen atoms in total. The summed E-state index contributed by atoms with van der Waals surface area (Å²) in [4.78, 5) is 0. The molecule has 1 heterocycles. The molecule has 108 valence electrons. The van der Waals surface area contributed by atoms with E-state index in [1.807, 2.05) is 6.08 Å². The van der Waals surface area contributed by atoms with E-state index in [0.717, 1.165) is 25.1 Å². The molecule has 0 saturated carbocycles. The Morgan fingerprint density at radius 2 is 2.16 bits per heavy atom. The highest BCUT2D eigenvalue weighted by Gasteiger charge is 2.22. The number of rotatable bonds is 8. The highest BCUT2D eigenvalue weighted by molar-refractivity contribution is 5.08. The normalized spacial score (nSPS) is 16.3. The molecular weight excluding hydrogens is 234 g/mol. The molecule has 2 atom stereocenters. The third kappa shape index (κ3) is 4.83. The first-order valence-corrected chi connectivity index (χ1v) is 7.31. The Labute approximate surface area is 118 Å². The fourth-order valence-electron chi connectivity index (χ4n) is 1.96. The van der Waals surface area contributed by atoms with Gasteiger partial charge >= 0.3 is 0 Å². The van der Waals surface area contributed by atoms with E-state index < -0.39 is 0 Å². The van der Waals surface area contributed by atoms with Crippen molar-refractivity contribution < 1.29 is 0 Å². The van der Waals surface area contributed by atoms with Crippen molar-refractivity contribution in [2.45, 2.75) is 59.5 Å². The Morgan fingerprint density at radius 1 is 1.47 bits per heavy atom. The molecule has 1 rings (SSSR count). The molecule has 0 aliphatic heterocycles. The van der Waals surface area contributed by atoms with E-state index in [9.17, 15) is 0 Å². The lowest BCUT2D eigenvalue weighted by atomic mass is 9.85. The monoisotopic (exact) mass is 263 g/mol. The summed E-state index contributed by atoms with van der Waals surface area (Å²) < 4.78 is 2.06. The minimum atomic E-state index is 0.0545. The molecule has 1 N–H and O–H groups in total. The lowest BCUT2D eigenvalue weighted by Gasteiger charge is -2.26. The Balaban J connectivity index is 2.69. The minimum absolute atomic E-state index is 0.0545. The molecule has 0 amide bonds. The van der Waals surface area contributed by atoms with Crippen LogP contribution in [0.1, 0.15) is 52.8 Å². The minimum Gasteiger partial charge on any atom is -0.314 e. The van der Waals surface area contributed by atoms with Gasteiger partial charge in [-0.2, -0.15) is 5.10 Å². The summed E-state index contributed by atoms with van der Waals surface area (Å²) in [6.45, 7) is 15.9. The third-order valence-corrected chi connectivity index (χ3v) is 3.70. The molecule has 19 heavy (non-hydrogen) atoms. The maximum Gasteiger partial charge on any atom is 0.0633 e. The van der Waals surface area contributed by atoms with Gasteiger partial charge in [-0.15, -0.1) is 6.58 Å². The van der Waals surface area contributed by atoms with Crippen LogP contribution in [0.5, 0.6) is 0 Å². The first-order valence-electron chi connectivity index (χ1n) is 7.31. The van der Waals surface area contributed by atoms with Crippen LogP contribution in [-0.2, 0) is 6.42 Å². The summed E-state index contributed by atoms with van der Waals surface area (Å²) in [5.74, 6) is 0. The maximum absolute atomic E-state index is 4.68. The van der Waals surface area contributed by atoms with Gasteiger partial charge in [-0.05, 0) is 19.4 Å². The molecule has 1 aromatic heterocycles. The number of aromatic nitrogens is 2. The zero-order valence-electron chi connectivity index (χ0n) is 13.1. The molecule has 0 aliphatic rings. The predicted octanol–water partition coefficient (Wildman–Crippen LogP) is 3.59. The summed E-state index contributed by atoms with van der Waals surface area (Å²) in [7, 11) is 0. The maximum atomic E-state index is 4.68. The van der Waals surface area contributed by atoms with Crippen LogP contribution >= 0.6 is 0 Å². The fraction of sp³-hybridized carbons (Fsp3) is 0.688. The predicted molar refractivity (Wildman–Crippen MR) is 82.4 cm³/mol. The molecule has 1 aromatic rings. The Morgan fingerprint density at radius 3 is 2.68 bits per heavy atom. The van der Waals surface area contributed by atoms with Crippen molar-refractivity contribution in [3.05, 3.63) is 30.6 Å². The van der Waals surface area contributed by atoms with Crippen molar-refractivity contribution >= 4 is 0 Å². The molecule has 2 unspecified atom stereocenters. The van der Waals surface area contributed by atoms with Gasteiger partial charge in [0.1, 0.15) is 0 Å². The number of nitrogens with zero attached hydrogens (tertiary/aromatic N) is 2. The van der Waals surface area contributed by atoms with Crippen LogP contribution in [0.4, 0.5) is 0 Å². The van der Waals surface area contributed by atoms with Crippen LogP contribution in [0.25, 0.3) is 0 Å². The summed E-state index contributed by atoms with van der Waals surface area (Å²) >= 11 is 0. The Hall–Kier alpha value is -1.09. The summed E-state index contributed by atoms with van der Waals surface area (Å²) in [5, 5.41) is 8.17. The molecular formula is C16H29N3. The first-order chi connectivity index (χ1) is 8.90. The average Bonchev–Trinajstić information content (AvgIpc) is 2.83. The lowest BCUT2D eigenvalue weighted by Crippen LogP contribution is -2.36. The van der Waals surface area contributed by atoms with Crippen molar-refractivity contribution in [1.29, 1.82) is 0 Å². The van der Waals surface area contributed by atoms with Gasteiger partial charge in [0.25, 0.3) is 0 Å². The van der Waals surface area contributed by atoms with Gasteiger partial charge in [-0.25, -0.2) is 0 Å². The summed E-state index contributed by atoms with van der Waals surface area (Å²) in [5.41, 5.74) is 1.20. The van der Waals surface area contributed by atoms with Crippen molar-refractivity contribution in [2.75, 3.05) is 6.54 Å². The smallest absolute Gasteiger partial charge is 0.0633 e. The van der Waals surface area contributed by atoms with Crippen molar-refractivity contribution in [1.82, 2.24) is 15.1 Å². The van der Waals surface area contributed by atoms with Gasteiger partial charge in [0.05, 0.1) is 5.69 Å². The number of hydrogen-bond acceptors (Lipinski definition) is 2. The van der Waals surface area contributed by atoms with E-state index >= 15 is 0 Å². The topological polar surface area (TPSA) is 29.9 Å². The SMILES string of the molecule is C=CC(C)(CNC(C)C)Cc1ccn(C(C)CC)n1. The molecule has 0 fully saturated rings. The average molecular weight is 263 g/mol. The Kier molecular flexibility index (Phi) is 5.80. The quantitative estimate of drug-likeness (QED) is 0.726. The van der Waals surface area contributed by atoms with Crippen LogP contribution in [0.2, 0.25) is 0 Å². The van der Waals surface area contributed by atoms with E-state index in [0.29, 0.717) is 12.1 Å². The van der Waals surface area contributed by atoms with Crippen LogP contribution < -0.4 is 5.32 Å². The third-order valence-electron chi connectivity index (χ3n) is 3.70. The van der Waals surface area contributed by atoms with Gasteiger partial charge in [-0.1, -0.05) is 33.8 Å². The van der Waals surface area contributed by atoms with E-state index in [1.54, 1.807) is 0 Å². The molecule has 0 aliphatic carbocycles. The molecule has 0 saturated heterocycles. The van der Waals surface area contributed by atoms with Crippen molar-refractivity contribution in [2.24, 2.45) is 5.41 Å². The highest BCUT2D eigenvalue weighted by atomic mass is 15.3.